The van der Waals surface area contributed by atoms with Crippen LogP contribution in [0.25, 0.3) is 0 Å². The van der Waals surface area contributed by atoms with Crippen LogP contribution in [0.1, 0.15) is 17.8 Å². The van der Waals surface area contributed by atoms with Gasteiger partial charge in [-0.05, 0) is 13.8 Å². The van der Waals surface area contributed by atoms with E-state index in [9.17, 15) is 33.2 Å². The quantitative estimate of drug-likeness (QED) is 0.650. The van der Waals surface area contributed by atoms with E-state index in [4.69, 9.17) is 0 Å². The van der Waals surface area contributed by atoms with E-state index < -0.39 is 35.7 Å². The molecule has 0 spiro atoms. The van der Waals surface area contributed by atoms with E-state index in [1.165, 1.54) is 13.8 Å². The Morgan fingerprint density at radius 3 is 2.61 bits per heavy atom. The number of aliphatic hydroxyl groups is 1. The van der Waals surface area contributed by atoms with Crippen molar-refractivity contribution in [3.05, 3.63) is 21.5 Å². The van der Waals surface area contributed by atoms with Gasteiger partial charge in [-0.15, -0.1) is 0 Å². The Hall–Kier alpha value is -2.50. The second-order valence-corrected chi connectivity index (χ2v) is 4.96. The summed E-state index contributed by atoms with van der Waals surface area (Å²) < 4.78 is 39.6. The Morgan fingerprint density at radius 2 is 2.13 bits per heavy atom. The number of carbonyl (C=O) groups excluding carboxylic acids is 1. The molecule has 1 aliphatic rings. The van der Waals surface area contributed by atoms with E-state index in [1.807, 2.05) is 0 Å². The van der Waals surface area contributed by atoms with Gasteiger partial charge in [-0.25, -0.2) is 0 Å². The zero-order chi connectivity index (χ0) is 17.6. The zero-order valence-corrected chi connectivity index (χ0v) is 12.0. The molecule has 0 aromatic carbocycles. The van der Waals surface area contributed by atoms with Crippen LogP contribution < -0.4 is 0 Å². The Kier molecular flexibility index (Phi) is 3.88. The third-order valence-corrected chi connectivity index (χ3v) is 3.42. The van der Waals surface area contributed by atoms with Crippen molar-refractivity contribution in [1.29, 1.82) is 0 Å². The first-order valence-corrected chi connectivity index (χ1v) is 6.32. The largest absolute Gasteiger partial charge is 0.438 e. The Morgan fingerprint density at radius 1 is 1.52 bits per heavy atom. The van der Waals surface area contributed by atoms with E-state index in [-0.39, 0.29) is 22.1 Å². The van der Waals surface area contributed by atoms with Gasteiger partial charge in [0.15, 0.2) is 0 Å². The van der Waals surface area contributed by atoms with Crippen molar-refractivity contribution in [3.8, 4) is 0 Å². The van der Waals surface area contributed by atoms with Crippen molar-refractivity contribution < 1.29 is 28.0 Å². The minimum absolute atomic E-state index is 0.0135. The maximum atomic E-state index is 12.9. The summed E-state index contributed by atoms with van der Waals surface area (Å²) in [6.07, 6.45) is -5.21. The minimum Gasteiger partial charge on any atom is -0.362 e. The third-order valence-electron chi connectivity index (χ3n) is 3.42. The molecule has 0 saturated heterocycles. The average Bonchev–Trinajstić information content (AvgIpc) is 2.91. The molecule has 2 rings (SSSR count). The smallest absolute Gasteiger partial charge is 0.362 e. The van der Waals surface area contributed by atoms with Crippen LogP contribution in [0, 0.1) is 24.0 Å². The highest BCUT2D eigenvalue weighted by atomic mass is 19.4. The molecule has 1 aliphatic heterocycles. The number of aromatic nitrogens is 2. The minimum atomic E-state index is -5.10. The fraction of sp³-hybridized carbons (Fsp3) is 0.545. The summed E-state index contributed by atoms with van der Waals surface area (Å²) in [6.45, 7) is 1.93. The molecule has 23 heavy (non-hydrogen) atoms. The van der Waals surface area contributed by atoms with Crippen molar-refractivity contribution in [2.45, 2.75) is 38.7 Å². The van der Waals surface area contributed by atoms with E-state index in [2.05, 4.69) is 10.2 Å². The number of carbonyl (C=O) groups is 1. The predicted molar refractivity (Wildman–Crippen MR) is 69.3 cm³/mol. The fourth-order valence-corrected chi connectivity index (χ4v) is 2.24. The lowest BCUT2D eigenvalue weighted by molar-refractivity contribution is -0.386. The Labute approximate surface area is 127 Å². The summed E-state index contributed by atoms with van der Waals surface area (Å²) in [4.78, 5) is 22.2. The van der Waals surface area contributed by atoms with Gasteiger partial charge in [0, 0.05) is 12.6 Å². The molecule has 1 N–H and O–H groups in total. The summed E-state index contributed by atoms with van der Waals surface area (Å²) in [6, 6.07) is 0. The summed E-state index contributed by atoms with van der Waals surface area (Å²) >= 11 is 0. The molecule has 0 bridgehead atoms. The number of amides is 1. The zero-order valence-electron chi connectivity index (χ0n) is 12.0. The Bertz CT molecular complexity index is 699. The van der Waals surface area contributed by atoms with Crippen molar-refractivity contribution in [1.82, 2.24) is 14.8 Å². The highest BCUT2D eigenvalue weighted by Crippen LogP contribution is 2.38. The molecular formula is C11H12F3N5O4. The van der Waals surface area contributed by atoms with Crippen LogP contribution in [0.15, 0.2) is 5.10 Å². The first-order chi connectivity index (χ1) is 10.5. The normalized spacial score (nSPS) is 21.0. The van der Waals surface area contributed by atoms with E-state index in [0.717, 1.165) is 10.9 Å². The van der Waals surface area contributed by atoms with Crippen molar-refractivity contribution in [3.63, 3.8) is 0 Å². The van der Waals surface area contributed by atoms with Crippen molar-refractivity contribution in [2.75, 3.05) is 0 Å². The second kappa shape index (κ2) is 5.30. The molecule has 0 saturated carbocycles. The maximum absolute atomic E-state index is 12.9. The van der Waals surface area contributed by atoms with Gasteiger partial charge in [0.25, 0.3) is 11.6 Å². The number of nitrogens with zero attached hydrogens (tertiary/aromatic N) is 5. The molecule has 12 heteroatoms. The van der Waals surface area contributed by atoms with Gasteiger partial charge in [-0.2, -0.15) is 28.4 Å². The lowest BCUT2D eigenvalue weighted by atomic mass is 10.1. The number of aryl methyl sites for hydroxylation is 1. The summed E-state index contributed by atoms with van der Waals surface area (Å²) in [7, 11) is 0. The maximum Gasteiger partial charge on any atom is 0.438 e. The molecule has 0 aliphatic carbocycles. The standard InChI is InChI=1S/C11H12F3N5O4/c1-6-9(19(22)23)7(2)17(16-6)5-8(20)18-10(21,3-4-15-18)11(12,13)14/h4,21H,3,5H2,1-2H3/t10-/m1/s1. The monoisotopic (exact) mass is 335 g/mol. The molecule has 0 radical (unpaired) electrons. The summed E-state index contributed by atoms with van der Waals surface area (Å²) in [5.74, 6) is -1.20. The number of hydrazone groups is 1. The first kappa shape index (κ1) is 16.9. The SMILES string of the molecule is Cc1nn(CC(=O)N2N=CC[C@@]2(O)C(F)(F)F)c(C)c1[N+](=O)[O-]. The highest BCUT2D eigenvalue weighted by molar-refractivity contribution is 5.80. The molecule has 1 amide bonds. The van der Waals surface area contributed by atoms with Gasteiger partial charge in [0.2, 0.25) is 0 Å². The van der Waals surface area contributed by atoms with Gasteiger partial charge in [0.05, 0.1) is 4.92 Å². The molecular weight excluding hydrogens is 323 g/mol. The lowest BCUT2D eigenvalue weighted by Gasteiger charge is -2.32. The van der Waals surface area contributed by atoms with Gasteiger partial charge in [-0.1, -0.05) is 0 Å². The lowest BCUT2D eigenvalue weighted by Crippen LogP contribution is -2.57. The molecule has 2 heterocycles. The third kappa shape index (κ3) is 2.65. The van der Waals surface area contributed by atoms with Crippen LogP contribution in [0.2, 0.25) is 0 Å². The van der Waals surface area contributed by atoms with Crippen LogP contribution in [0.5, 0.6) is 0 Å². The van der Waals surface area contributed by atoms with Gasteiger partial charge in [0.1, 0.15) is 17.9 Å². The first-order valence-electron chi connectivity index (χ1n) is 6.32. The molecule has 126 valence electrons. The summed E-state index contributed by atoms with van der Waals surface area (Å²) in [5, 5.41) is 27.5. The molecule has 0 unspecified atom stereocenters. The number of nitro groups is 1. The van der Waals surface area contributed by atoms with E-state index >= 15 is 0 Å². The topological polar surface area (TPSA) is 114 Å². The van der Waals surface area contributed by atoms with E-state index in [0.29, 0.717) is 0 Å². The molecule has 0 fully saturated rings. The van der Waals surface area contributed by atoms with Crippen molar-refractivity contribution >= 4 is 17.8 Å². The summed E-state index contributed by atoms with van der Waals surface area (Å²) in [5.41, 5.74) is -3.71. The fourth-order valence-electron chi connectivity index (χ4n) is 2.24. The van der Waals surface area contributed by atoms with Crippen LogP contribution in [-0.2, 0) is 11.3 Å². The van der Waals surface area contributed by atoms with Gasteiger partial charge < -0.3 is 5.11 Å². The number of halogens is 3. The predicted octanol–water partition coefficient (Wildman–Crippen LogP) is 0.877. The molecule has 1 aromatic heterocycles. The number of hydrogen-bond donors (Lipinski definition) is 1. The number of hydrogen-bond acceptors (Lipinski definition) is 6. The Balaban J connectivity index is 2.28. The number of alkyl halides is 3. The average molecular weight is 335 g/mol. The number of rotatable bonds is 3. The van der Waals surface area contributed by atoms with Gasteiger partial charge in [-0.3, -0.25) is 19.6 Å². The van der Waals surface area contributed by atoms with Crippen molar-refractivity contribution in [2.24, 2.45) is 5.10 Å². The second-order valence-electron chi connectivity index (χ2n) is 4.96. The van der Waals surface area contributed by atoms with Crippen LogP contribution in [-0.4, -0.2) is 48.8 Å². The molecule has 1 atom stereocenters. The van der Waals surface area contributed by atoms with Crippen LogP contribution in [0.3, 0.4) is 0 Å². The highest BCUT2D eigenvalue weighted by Gasteiger charge is 2.61. The van der Waals surface area contributed by atoms with Gasteiger partial charge >= 0.3 is 11.9 Å². The molecule has 9 nitrogen and oxygen atoms in total. The molecule has 1 aromatic rings. The van der Waals surface area contributed by atoms with E-state index in [1.54, 1.807) is 0 Å². The van der Waals surface area contributed by atoms with Crippen LogP contribution in [0.4, 0.5) is 18.9 Å². The van der Waals surface area contributed by atoms with Crippen LogP contribution >= 0.6 is 0 Å².